The average molecular weight is 669 g/mol. The molecule has 0 radical (unpaired) electrons. The fourth-order valence-corrected chi connectivity index (χ4v) is 5.69. The number of hydrogen-bond donors (Lipinski definition) is 2. The molecular weight excluding hydrogens is 620 g/mol. The number of hydrogen-bond acceptors (Lipinski definition) is 6. The Morgan fingerprint density at radius 3 is 2.11 bits per heavy atom. The van der Waals surface area contributed by atoms with Crippen LogP contribution in [0.3, 0.4) is 0 Å². The SMILES string of the molecule is CCN(CC1=C(c2ccc(Cl)cc2)C(=O)NC1(CC)CC)C(=O)C(COCc1ccccc1)N(NC(=O)OC(C)(C)C)C(=O)C(C)C. The predicted molar refractivity (Wildman–Crippen MR) is 183 cm³/mol. The number of likely N-dealkylation sites (N-methyl/N-ethyl adjacent to an activating group) is 1. The average Bonchev–Trinajstić information content (AvgIpc) is 3.31. The first-order valence-electron chi connectivity index (χ1n) is 16.2. The number of benzene rings is 2. The van der Waals surface area contributed by atoms with Gasteiger partial charge in [0, 0.05) is 29.6 Å². The second kappa shape index (κ2) is 16.3. The summed E-state index contributed by atoms with van der Waals surface area (Å²) in [6.07, 6.45) is 0.342. The molecule has 0 aliphatic carbocycles. The highest BCUT2D eigenvalue weighted by Crippen LogP contribution is 2.38. The van der Waals surface area contributed by atoms with E-state index in [1.165, 1.54) is 0 Å². The lowest BCUT2D eigenvalue weighted by molar-refractivity contribution is -0.153. The second-order valence-corrected chi connectivity index (χ2v) is 13.4. The normalized spacial score (nSPS) is 14.9. The zero-order valence-corrected chi connectivity index (χ0v) is 29.6. The minimum atomic E-state index is -1.23. The van der Waals surface area contributed by atoms with Crippen LogP contribution in [0.5, 0.6) is 0 Å². The van der Waals surface area contributed by atoms with E-state index < -0.39 is 41.0 Å². The van der Waals surface area contributed by atoms with Crippen LogP contribution in [0.2, 0.25) is 5.02 Å². The molecule has 11 heteroatoms. The van der Waals surface area contributed by atoms with Crippen molar-refractivity contribution in [2.24, 2.45) is 5.92 Å². The third-order valence-electron chi connectivity index (χ3n) is 8.17. The molecule has 1 aliphatic heterocycles. The van der Waals surface area contributed by atoms with E-state index in [9.17, 15) is 19.2 Å². The van der Waals surface area contributed by atoms with Gasteiger partial charge < -0.3 is 19.7 Å². The van der Waals surface area contributed by atoms with Crippen LogP contribution in [0.1, 0.15) is 79.4 Å². The zero-order chi connectivity index (χ0) is 34.9. The molecule has 47 heavy (non-hydrogen) atoms. The Kier molecular flexibility index (Phi) is 13.0. The lowest BCUT2D eigenvalue weighted by Crippen LogP contribution is -2.61. The van der Waals surface area contributed by atoms with Gasteiger partial charge in [-0.2, -0.15) is 0 Å². The Morgan fingerprint density at radius 2 is 1.57 bits per heavy atom. The summed E-state index contributed by atoms with van der Waals surface area (Å²) in [7, 11) is 0. The number of amides is 4. The molecule has 0 saturated carbocycles. The molecule has 10 nitrogen and oxygen atoms in total. The lowest BCUT2D eigenvalue weighted by atomic mass is 9.83. The molecule has 256 valence electrons. The Hall–Kier alpha value is -3.89. The molecule has 2 aromatic rings. The maximum absolute atomic E-state index is 14.6. The Balaban J connectivity index is 2.07. The van der Waals surface area contributed by atoms with Crippen molar-refractivity contribution in [3.8, 4) is 0 Å². The summed E-state index contributed by atoms with van der Waals surface area (Å²) in [5, 5.41) is 4.77. The Labute approximate surface area is 283 Å². The maximum Gasteiger partial charge on any atom is 0.426 e. The third kappa shape index (κ3) is 9.58. The number of hydrazine groups is 1. The standard InChI is InChI=1S/C36H49ClN4O6/c1-9-36(10-2)28(30(31(42)38-36)26-17-19-27(37)20-18-26)21-40(11-3)33(44)29(23-46-22-25-15-13-12-14-16-25)41(32(43)24(4)5)39-34(45)47-35(6,7)8/h12-20,24,29H,9-11,21-23H2,1-8H3,(H,38,42)(H,39,45). The molecule has 1 heterocycles. The van der Waals surface area contributed by atoms with Crippen molar-refractivity contribution in [3.63, 3.8) is 0 Å². The quantitative estimate of drug-likeness (QED) is 0.248. The number of rotatable bonds is 13. The molecule has 0 fully saturated rings. The topological polar surface area (TPSA) is 117 Å². The van der Waals surface area contributed by atoms with Crippen LogP contribution in [0.4, 0.5) is 4.79 Å². The highest BCUT2D eigenvalue weighted by molar-refractivity contribution is 6.31. The van der Waals surface area contributed by atoms with E-state index in [-0.39, 0.29) is 32.2 Å². The molecule has 0 aromatic heterocycles. The van der Waals surface area contributed by atoms with Crippen LogP contribution < -0.4 is 10.7 Å². The van der Waals surface area contributed by atoms with Crippen molar-refractivity contribution in [2.45, 2.75) is 92.0 Å². The van der Waals surface area contributed by atoms with E-state index >= 15 is 0 Å². The molecule has 1 atom stereocenters. The van der Waals surface area contributed by atoms with Gasteiger partial charge in [0.1, 0.15) is 5.60 Å². The van der Waals surface area contributed by atoms with Crippen LogP contribution in [-0.2, 0) is 30.5 Å². The number of carbonyl (C=O) groups is 4. The first-order chi connectivity index (χ1) is 22.2. The van der Waals surface area contributed by atoms with Crippen molar-refractivity contribution < 1.29 is 28.7 Å². The molecule has 3 rings (SSSR count). The summed E-state index contributed by atoms with van der Waals surface area (Å²) < 4.78 is 11.5. The van der Waals surface area contributed by atoms with Gasteiger partial charge in [-0.05, 0) is 69.4 Å². The van der Waals surface area contributed by atoms with Gasteiger partial charge in [-0.25, -0.2) is 15.2 Å². The van der Waals surface area contributed by atoms with E-state index in [4.69, 9.17) is 21.1 Å². The smallest absolute Gasteiger partial charge is 0.426 e. The van der Waals surface area contributed by atoms with Crippen LogP contribution in [0.25, 0.3) is 5.57 Å². The van der Waals surface area contributed by atoms with Gasteiger partial charge in [-0.1, -0.05) is 81.8 Å². The molecule has 0 saturated heterocycles. The number of nitrogens with one attached hydrogen (secondary N) is 2. The highest BCUT2D eigenvalue weighted by atomic mass is 35.5. The van der Waals surface area contributed by atoms with Crippen LogP contribution in [-0.4, -0.2) is 70.6 Å². The minimum Gasteiger partial charge on any atom is -0.443 e. The fourth-order valence-electron chi connectivity index (χ4n) is 5.57. The number of halogens is 1. The third-order valence-corrected chi connectivity index (χ3v) is 8.42. The number of nitrogens with zero attached hydrogens (tertiary/aromatic N) is 2. The number of ether oxygens (including phenoxy) is 2. The van der Waals surface area contributed by atoms with E-state index in [0.717, 1.165) is 16.1 Å². The predicted octanol–water partition coefficient (Wildman–Crippen LogP) is 6.14. The summed E-state index contributed by atoms with van der Waals surface area (Å²) in [6, 6.07) is 15.3. The van der Waals surface area contributed by atoms with E-state index in [2.05, 4.69) is 10.7 Å². The monoisotopic (exact) mass is 668 g/mol. The van der Waals surface area contributed by atoms with Crippen LogP contribution in [0.15, 0.2) is 60.2 Å². The fraction of sp³-hybridized carbons (Fsp3) is 0.500. The first-order valence-corrected chi connectivity index (χ1v) is 16.6. The molecular formula is C36H49ClN4O6. The van der Waals surface area contributed by atoms with E-state index in [0.29, 0.717) is 29.0 Å². The van der Waals surface area contributed by atoms with Crippen molar-refractivity contribution >= 4 is 41.0 Å². The molecule has 1 aliphatic rings. The van der Waals surface area contributed by atoms with Crippen LogP contribution >= 0.6 is 11.6 Å². The van der Waals surface area contributed by atoms with Crippen molar-refractivity contribution in [2.75, 3.05) is 19.7 Å². The highest BCUT2D eigenvalue weighted by Gasteiger charge is 2.45. The molecule has 0 spiro atoms. The lowest BCUT2D eigenvalue weighted by Gasteiger charge is -2.37. The van der Waals surface area contributed by atoms with Gasteiger partial charge >= 0.3 is 6.09 Å². The number of carbonyl (C=O) groups excluding carboxylic acids is 4. The Bertz CT molecular complexity index is 1430. The van der Waals surface area contributed by atoms with E-state index in [1.807, 2.05) is 51.1 Å². The summed E-state index contributed by atoms with van der Waals surface area (Å²) >= 11 is 6.16. The summed E-state index contributed by atoms with van der Waals surface area (Å²) in [6.45, 7) is 14.7. The molecule has 1 unspecified atom stereocenters. The minimum absolute atomic E-state index is 0.110. The summed E-state index contributed by atoms with van der Waals surface area (Å²) in [5.74, 6) is -1.72. The molecule has 0 bridgehead atoms. The van der Waals surface area contributed by atoms with Crippen molar-refractivity contribution in [1.29, 1.82) is 0 Å². The summed E-state index contributed by atoms with van der Waals surface area (Å²) in [4.78, 5) is 56.4. The van der Waals surface area contributed by atoms with Gasteiger partial charge in [0.05, 0.1) is 18.8 Å². The van der Waals surface area contributed by atoms with E-state index in [1.54, 1.807) is 63.8 Å². The zero-order valence-electron chi connectivity index (χ0n) is 28.8. The van der Waals surface area contributed by atoms with Gasteiger partial charge in [0.25, 0.3) is 5.91 Å². The van der Waals surface area contributed by atoms with Gasteiger partial charge in [-0.15, -0.1) is 0 Å². The maximum atomic E-state index is 14.6. The Morgan fingerprint density at radius 1 is 0.957 bits per heavy atom. The van der Waals surface area contributed by atoms with Gasteiger partial charge in [0.2, 0.25) is 11.8 Å². The van der Waals surface area contributed by atoms with Gasteiger partial charge in [-0.3, -0.25) is 14.4 Å². The molecule has 4 amide bonds. The van der Waals surface area contributed by atoms with Crippen LogP contribution in [0, 0.1) is 5.92 Å². The summed E-state index contributed by atoms with van der Waals surface area (Å²) in [5.41, 5.74) is 3.88. The second-order valence-electron chi connectivity index (χ2n) is 12.9. The molecule has 2 aromatic carbocycles. The van der Waals surface area contributed by atoms with Crippen molar-refractivity contribution in [1.82, 2.24) is 20.7 Å². The largest absolute Gasteiger partial charge is 0.443 e. The van der Waals surface area contributed by atoms with Crippen molar-refractivity contribution in [3.05, 3.63) is 76.3 Å². The van der Waals surface area contributed by atoms with Gasteiger partial charge in [0.15, 0.2) is 6.04 Å². The first kappa shape index (κ1) is 37.6. The molecule has 2 N–H and O–H groups in total.